The fourth-order valence-corrected chi connectivity index (χ4v) is 3.19. The summed E-state index contributed by atoms with van der Waals surface area (Å²) in [5.74, 6) is 2.65. The van der Waals surface area contributed by atoms with Crippen LogP contribution in [0.4, 0.5) is 5.82 Å². The summed E-state index contributed by atoms with van der Waals surface area (Å²) in [6.45, 7) is 6.80. The van der Waals surface area contributed by atoms with Gasteiger partial charge in [0.25, 0.3) is 0 Å². The van der Waals surface area contributed by atoms with E-state index >= 15 is 0 Å². The molecule has 1 aromatic carbocycles. The predicted octanol–water partition coefficient (Wildman–Crippen LogP) is 3.54. The third-order valence-electron chi connectivity index (χ3n) is 4.21. The number of hydrogen-bond acceptors (Lipinski definition) is 5. The molecule has 1 unspecified atom stereocenters. The molecule has 128 valence electrons. The Kier molecular flexibility index (Phi) is 4.62. The molecule has 2 atom stereocenters. The Morgan fingerprint density at radius 3 is 2.79 bits per heavy atom. The molecule has 1 aromatic heterocycles. The molecule has 0 amide bonds. The minimum atomic E-state index is -0.139. The summed E-state index contributed by atoms with van der Waals surface area (Å²) in [5, 5.41) is 0. The van der Waals surface area contributed by atoms with Gasteiger partial charge in [-0.2, -0.15) is 0 Å². The number of aromatic nitrogens is 1. The van der Waals surface area contributed by atoms with Crippen molar-refractivity contribution in [1.29, 1.82) is 0 Å². The number of anilines is 1. The number of nitrogens with two attached hydrogens (primary N) is 2. The van der Waals surface area contributed by atoms with Gasteiger partial charge < -0.3 is 20.9 Å². The van der Waals surface area contributed by atoms with Crippen LogP contribution in [0.25, 0.3) is 11.1 Å². The van der Waals surface area contributed by atoms with E-state index < -0.39 is 0 Å². The average Bonchev–Trinajstić information content (AvgIpc) is 2.52. The molecule has 1 aliphatic rings. The topological polar surface area (TPSA) is 83.4 Å². The second kappa shape index (κ2) is 6.69. The van der Waals surface area contributed by atoms with E-state index in [4.69, 9.17) is 20.9 Å². The van der Waals surface area contributed by atoms with Gasteiger partial charge in [-0.15, -0.1) is 0 Å². The van der Waals surface area contributed by atoms with Gasteiger partial charge in [0.2, 0.25) is 0 Å². The van der Waals surface area contributed by atoms with Crippen molar-refractivity contribution in [3.63, 3.8) is 0 Å². The lowest BCUT2D eigenvalue weighted by molar-refractivity contribution is 0.220. The van der Waals surface area contributed by atoms with Crippen molar-refractivity contribution in [1.82, 2.24) is 4.98 Å². The number of nitrogen functional groups attached to an aromatic ring is 1. The van der Waals surface area contributed by atoms with Crippen molar-refractivity contribution in [2.45, 2.75) is 39.3 Å². The largest absolute Gasteiger partial charge is 0.492 e. The molecule has 24 heavy (non-hydrogen) atoms. The van der Waals surface area contributed by atoms with Crippen molar-refractivity contribution in [3.8, 4) is 22.6 Å². The monoisotopic (exact) mass is 327 g/mol. The Hall–Kier alpha value is -2.27. The minimum Gasteiger partial charge on any atom is -0.492 e. The predicted molar refractivity (Wildman–Crippen MR) is 96.1 cm³/mol. The number of rotatable bonds is 5. The van der Waals surface area contributed by atoms with Crippen LogP contribution in [-0.4, -0.2) is 17.6 Å². The molecule has 0 radical (unpaired) electrons. The van der Waals surface area contributed by atoms with Gasteiger partial charge in [-0.05, 0) is 43.0 Å². The summed E-state index contributed by atoms with van der Waals surface area (Å²) in [7, 11) is 0. The molecule has 5 heteroatoms. The van der Waals surface area contributed by atoms with E-state index in [1.54, 1.807) is 6.20 Å². The molecule has 0 bridgehead atoms. The van der Waals surface area contributed by atoms with Crippen LogP contribution < -0.4 is 20.9 Å². The van der Waals surface area contributed by atoms with E-state index in [-0.39, 0.29) is 12.1 Å². The molecular weight excluding hydrogens is 302 g/mol. The second-order valence-electron chi connectivity index (χ2n) is 6.78. The molecule has 0 aliphatic carbocycles. The molecule has 0 saturated heterocycles. The molecule has 3 rings (SSSR count). The number of ether oxygens (including phenoxy) is 2. The van der Waals surface area contributed by atoms with Gasteiger partial charge in [0.05, 0.1) is 0 Å². The summed E-state index contributed by atoms with van der Waals surface area (Å²) in [5.41, 5.74) is 15.1. The normalized spacial score (nSPS) is 17.0. The molecule has 5 nitrogen and oxygen atoms in total. The molecular formula is C19H25N3O2. The van der Waals surface area contributed by atoms with Crippen molar-refractivity contribution in [3.05, 3.63) is 36.0 Å². The lowest BCUT2D eigenvalue weighted by Crippen LogP contribution is -2.29. The second-order valence-corrected chi connectivity index (χ2v) is 6.78. The van der Waals surface area contributed by atoms with Gasteiger partial charge in [0.15, 0.2) is 0 Å². The van der Waals surface area contributed by atoms with Crippen LogP contribution >= 0.6 is 0 Å². The summed E-state index contributed by atoms with van der Waals surface area (Å²) >= 11 is 0. The fourth-order valence-electron chi connectivity index (χ4n) is 3.19. The number of hydrogen-bond donors (Lipinski definition) is 2. The van der Waals surface area contributed by atoms with Gasteiger partial charge in [0, 0.05) is 29.4 Å². The number of nitrogens with zero attached hydrogens (tertiary/aromatic N) is 1. The van der Waals surface area contributed by atoms with Crippen LogP contribution in [0.3, 0.4) is 0 Å². The first-order valence-electron chi connectivity index (χ1n) is 8.39. The Bertz CT molecular complexity index is 731. The number of benzene rings is 1. The maximum absolute atomic E-state index is 6.09. The zero-order valence-corrected chi connectivity index (χ0v) is 14.5. The van der Waals surface area contributed by atoms with Gasteiger partial charge >= 0.3 is 0 Å². The van der Waals surface area contributed by atoms with E-state index in [0.717, 1.165) is 34.6 Å². The van der Waals surface area contributed by atoms with Gasteiger partial charge in [-0.3, -0.25) is 0 Å². The van der Waals surface area contributed by atoms with E-state index in [0.29, 0.717) is 18.3 Å². The highest BCUT2D eigenvalue weighted by Crippen LogP contribution is 2.45. The van der Waals surface area contributed by atoms with Crippen molar-refractivity contribution in [2.24, 2.45) is 11.7 Å². The zero-order valence-electron chi connectivity index (χ0n) is 14.5. The van der Waals surface area contributed by atoms with Crippen LogP contribution in [0, 0.1) is 5.92 Å². The van der Waals surface area contributed by atoms with Crippen molar-refractivity contribution >= 4 is 5.82 Å². The highest BCUT2D eigenvalue weighted by molar-refractivity contribution is 5.79. The Balaban J connectivity index is 1.81. The molecule has 0 saturated carbocycles. The van der Waals surface area contributed by atoms with E-state index in [9.17, 15) is 0 Å². The third-order valence-corrected chi connectivity index (χ3v) is 4.21. The fraction of sp³-hybridized carbons (Fsp3) is 0.421. The maximum atomic E-state index is 6.09. The molecule has 2 aromatic rings. The molecule has 0 fully saturated rings. The SMILES string of the molecule is CC(C)C[C@H](N)COc1ccc2c(c1)OC(C)c1c-2ccnc1N. The molecule has 1 aliphatic heterocycles. The molecule has 0 spiro atoms. The standard InChI is InChI=1S/C19H25N3O2/c1-11(2)8-13(20)10-23-14-4-5-15-16-6-7-22-19(21)18(16)12(3)24-17(15)9-14/h4-7,9,11-13H,8,10,20H2,1-3H3,(H2,21,22)/t12?,13-/m0/s1. The average molecular weight is 327 g/mol. The van der Waals surface area contributed by atoms with Crippen molar-refractivity contribution < 1.29 is 9.47 Å². The molecule has 4 N–H and O–H groups in total. The van der Waals surface area contributed by atoms with E-state index in [1.807, 2.05) is 31.2 Å². The summed E-state index contributed by atoms with van der Waals surface area (Å²) in [4.78, 5) is 4.16. The Morgan fingerprint density at radius 2 is 2.04 bits per heavy atom. The van der Waals surface area contributed by atoms with Crippen LogP contribution in [-0.2, 0) is 0 Å². The third kappa shape index (κ3) is 3.31. The number of fused-ring (bicyclic) bond motifs is 3. The minimum absolute atomic E-state index is 0.0347. The van der Waals surface area contributed by atoms with Gasteiger partial charge in [-0.1, -0.05) is 13.8 Å². The summed E-state index contributed by atoms with van der Waals surface area (Å²) in [6.07, 6.45) is 2.53. The Labute approximate surface area is 143 Å². The van der Waals surface area contributed by atoms with Crippen LogP contribution in [0.2, 0.25) is 0 Å². The van der Waals surface area contributed by atoms with Crippen molar-refractivity contribution in [2.75, 3.05) is 12.3 Å². The lowest BCUT2D eigenvalue weighted by Gasteiger charge is -2.27. The van der Waals surface area contributed by atoms with Gasteiger partial charge in [-0.25, -0.2) is 4.98 Å². The van der Waals surface area contributed by atoms with E-state index in [1.165, 1.54) is 0 Å². The highest BCUT2D eigenvalue weighted by Gasteiger charge is 2.26. The summed E-state index contributed by atoms with van der Waals surface area (Å²) < 4.78 is 11.9. The Morgan fingerprint density at radius 1 is 1.25 bits per heavy atom. The zero-order chi connectivity index (χ0) is 17.3. The van der Waals surface area contributed by atoms with Crippen LogP contribution in [0.5, 0.6) is 11.5 Å². The van der Waals surface area contributed by atoms with Crippen LogP contribution in [0.15, 0.2) is 30.5 Å². The van der Waals surface area contributed by atoms with Gasteiger partial charge in [0.1, 0.15) is 30.0 Å². The molecule has 2 heterocycles. The quantitative estimate of drug-likeness (QED) is 0.877. The summed E-state index contributed by atoms with van der Waals surface area (Å²) in [6, 6.07) is 7.88. The first kappa shape index (κ1) is 16.6. The smallest absolute Gasteiger partial charge is 0.131 e. The van der Waals surface area contributed by atoms with Crippen LogP contribution in [0.1, 0.15) is 38.9 Å². The highest BCUT2D eigenvalue weighted by atomic mass is 16.5. The van der Waals surface area contributed by atoms with E-state index in [2.05, 4.69) is 18.8 Å². The lowest BCUT2D eigenvalue weighted by atomic mass is 9.94. The number of pyridine rings is 1. The first-order valence-corrected chi connectivity index (χ1v) is 8.39. The first-order chi connectivity index (χ1) is 11.5. The maximum Gasteiger partial charge on any atom is 0.131 e.